The quantitative estimate of drug-likeness (QED) is 0.807. The van der Waals surface area contributed by atoms with Crippen LogP contribution in [0.2, 0.25) is 0 Å². The second-order valence-electron chi connectivity index (χ2n) is 3.31. The van der Waals surface area contributed by atoms with Gasteiger partial charge in [-0.1, -0.05) is 12.1 Å². The van der Waals surface area contributed by atoms with Gasteiger partial charge in [0.2, 0.25) is 0 Å². The molecule has 0 fully saturated rings. The molecule has 0 amide bonds. The highest BCUT2D eigenvalue weighted by Gasteiger charge is 2.15. The first-order chi connectivity index (χ1) is 7.22. The van der Waals surface area contributed by atoms with E-state index in [1.54, 1.807) is 10.9 Å². The maximum Gasteiger partial charge on any atom is 0.276 e. The number of nitrogens with two attached hydrogens (primary N) is 1. The molecule has 0 saturated carbocycles. The van der Waals surface area contributed by atoms with Gasteiger partial charge in [-0.25, -0.2) is 0 Å². The Balaban J connectivity index is 2.32. The van der Waals surface area contributed by atoms with E-state index in [0.29, 0.717) is 11.7 Å². The van der Waals surface area contributed by atoms with Crippen LogP contribution in [0.25, 0.3) is 11.6 Å². The van der Waals surface area contributed by atoms with Crippen molar-refractivity contribution in [3.05, 3.63) is 18.1 Å². The van der Waals surface area contributed by atoms with E-state index in [1.807, 2.05) is 20.0 Å². The fourth-order valence-corrected chi connectivity index (χ4v) is 1.26. The molecule has 1 atom stereocenters. The van der Waals surface area contributed by atoms with E-state index in [9.17, 15) is 0 Å². The van der Waals surface area contributed by atoms with Gasteiger partial charge < -0.3 is 10.3 Å². The van der Waals surface area contributed by atoms with Crippen molar-refractivity contribution in [3.8, 4) is 11.6 Å². The van der Waals surface area contributed by atoms with E-state index in [1.165, 1.54) is 0 Å². The molecule has 2 aromatic rings. The van der Waals surface area contributed by atoms with Crippen LogP contribution in [-0.2, 0) is 7.05 Å². The molecule has 0 saturated heterocycles. The van der Waals surface area contributed by atoms with Gasteiger partial charge in [-0.2, -0.15) is 10.1 Å². The molecule has 0 aliphatic heterocycles. The smallest absolute Gasteiger partial charge is 0.276 e. The summed E-state index contributed by atoms with van der Waals surface area (Å²) in [5.74, 6) is 0.989. The van der Waals surface area contributed by atoms with Crippen molar-refractivity contribution < 1.29 is 4.52 Å². The molecule has 2 heterocycles. The lowest BCUT2D eigenvalue weighted by Crippen LogP contribution is -2.10. The van der Waals surface area contributed by atoms with Gasteiger partial charge in [0, 0.05) is 13.2 Å². The molecule has 0 bridgehead atoms. The Morgan fingerprint density at radius 2 is 2.40 bits per heavy atom. The predicted molar refractivity (Wildman–Crippen MR) is 53.7 cm³/mol. The Labute approximate surface area is 87.1 Å². The summed E-state index contributed by atoms with van der Waals surface area (Å²) in [6, 6.07) is 1.64. The van der Waals surface area contributed by atoms with E-state index < -0.39 is 0 Å². The Bertz CT molecular complexity index is 447. The normalized spacial score (nSPS) is 13.0. The summed E-state index contributed by atoms with van der Waals surface area (Å²) in [5, 5.41) is 7.86. The van der Waals surface area contributed by atoms with Crippen LogP contribution in [0.5, 0.6) is 0 Å². The van der Waals surface area contributed by atoms with E-state index in [4.69, 9.17) is 10.3 Å². The van der Waals surface area contributed by atoms with Crippen LogP contribution in [-0.4, -0.2) is 19.9 Å². The number of hydrogen-bond donors (Lipinski definition) is 1. The highest BCUT2D eigenvalue weighted by atomic mass is 16.5. The molecule has 0 aliphatic rings. The van der Waals surface area contributed by atoms with Crippen molar-refractivity contribution in [2.24, 2.45) is 12.8 Å². The minimum absolute atomic E-state index is 0.171. The highest BCUT2D eigenvalue weighted by molar-refractivity contribution is 5.45. The average Bonchev–Trinajstić information content (AvgIpc) is 2.84. The standard InChI is InChI=1S/C9H13N5O/c1-3-6(10)8-12-9(15-13-8)7-4-5-11-14(7)2/h4-6H,3,10H2,1-2H3. The molecule has 1 unspecified atom stereocenters. The van der Waals surface area contributed by atoms with Gasteiger partial charge in [-0.05, 0) is 12.5 Å². The molecule has 6 nitrogen and oxygen atoms in total. The van der Waals surface area contributed by atoms with Crippen molar-refractivity contribution in [2.75, 3.05) is 0 Å². The first kappa shape index (κ1) is 9.85. The topological polar surface area (TPSA) is 82.8 Å². The number of rotatable bonds is 3. The molecule has 0 radical (unpaired) electrons. The first-order valence-electron chi connectivity index (χ1n) is 4.80. The second kappa shape index (κ2) is 3.82. The van der Waals surface area contributed by atoms with E-state index in [2.05, 4.69) is 15.2 Å². The van der Waals surface area contributed by atoms with Crippen LogP contribution in [0.1, 0.15) is 25.2 Å². The molecule has 0 spiro atoms. The lowest BCUT2D eigenvalue weighted by Gasteiger charge is -1.99. The zero-order valence-corrected chi connectivity index (χ0v) is 8.71. The van der Waals surface area contributed by atoms with Crippen LogP contribution < -0.4 is 5.73 Å². The van der Waals surface area contributed by atoms with Gasteiger partial charge in [0.1, 0.15) is 5.69 Å². The first-order valence-corrected chi connectivity index (χ1v) is 4.80. The molecular formula is C9H13N5O. The fourth-order valence-electron chi connectivity index (χ4n) is 1.26. The van der Waals surface area contributed by atoms with E-state index in [0.717, 1.165) is 12.1 Å². The SMILES string of the molecule is CCC(N)c1noc(-c2ccnn2C)n1. The molecule has 2 N–H and O–H groups in total. The van der Waals surface area contributed by atoms with Gasteiger partial charge >= 0.3 is 0 Å². The second-order valence-corrected chi connectivity index (χ2v) is 3.31. The lowest BCUT2D eigenvalue weighted by atomic mass is 10.2. The van der Waals surface area contributed by atoms with Crippen LogP contribution in [0.15, 0.2) is 16.8 Å². The minimum Gasteiger partial charge on any atom is -0.332 e. The number of aryl methyl sites for hydroxylation is 1. The number of hydrogen-bond acceptors (Lipinski definition) is 5. The number of nitrogens with zero attached hydrogens (tertiary/aromatic N) is 4. The molecule has 6 heteroatoms. The summed E-state index contributed by atoms with van der Waals surface area (Å²) in [6.07, 6.45) is 2.46. The van der Waals surface area contributed by atoms with Gasteiger partial charge in [0.15, 0.2) is 5.82 Å². The van der Waals surface area contributed by atoms with Gasteiger partial charge in [0.05, 0.1) is 6.04 Å². The summed E-state index contributed by atoms with van der Waals surface area (Å²) in [4.78, 5) is 4.22. The van der Waals surface area contributed by atoms with Crippen molar-refractivity contribution in [1.82, 2.24) is 19.9 Å². The fraction of sp³-hybridized carbons (Fsp3) is 0.444. The zero-order valence-electron chi connectivity index (χ0n) is 8.71. The molecule has 0 aliphatic carbocycles. The van der Waals surface area contributed by atoms with Gasteiger partial charge in [-0.3, -0.25) is 4.68 Å². The van der Waals surface area contributed by atoms with Crippen LogP contribution in [0, 0.1) is 0 Å². The molecule has 0 aromatic carbocycles. The van der Waals surface area contributed by atoms with Crippen LogP contribution in [0.3, 0.4) is 0 Å². The maximum absolute atomic E-state index is 5.79. The Hall–Kier alpha value is -1.69. The molecule has 15 heavy (non-hydrogen) atoms. The third-order valence-electron chi connectivity index (χ3n) is 2.25. The van der Waals surface area contributed by atoms with Crippen LogP contribution >= 0.6 is 0 Å². The molecule has 2 rings (SSSR count). The lowest BCUT2D eigenvalue weighted by molar-refractivity contribution is 0.412. The van der Waals surface area contributed by atoms with Crippen molar-refractivity contribution in [3.63, 3.8) is 0 Å². The Morgan fingerprint density at radius 1 is 1.60 bits per heavy atom. The summed E-state index contributed by atoms with van der Waals surface area (Å²) in [7, 11) is 1.82. The minimum atomic E-state index is -0.171. The summed E-state index contributed by atoms with van der Waals surface area (Å²) < 4.78 is 6.79. The van der Waals surface area contributed by atoms with Crippen molar-refractivity contribution in [2.45, 2.75) is 19.4 Å². The molecule has 80 valence electrons. The van der Waals surface area contributed by atoms with Crippen molar-refractivity contribution in [1.29, 1.82) is 0 Å². The predicted octanol–water partition coefficient (Wildman–Crippen LogP) is 0.880. The zero-order chi connectivity index (χ0) is 10.8. The maximum atomic E-state index is 5.79. The monoisotopic (exact) mass is 207 g/mol. The summed E-state index contributed by atoms with van der Waals surface area (Å²) in [5.41, 5.74) is 6.58. The third kappa shape index (κ3) is 1.75. The van der Waals surface area contributed by atoms with E-state index >= 15 is 0 Å². The summed E-state index contributed by atoms with van der Waals surface area (Å²) in [6.45, 7) is 1.98. The Morgan fingerprint density at radius 3 is 3.00 bits per heavy atom. The molecule has 2 aromatic heterocycles. The highest BCUT2D eigenvalue weighted by Crippen LogP contribution is 2.18. The van der Waals surface area contributed by atoms with Gasteiger partial charge in [0.25, 0.3) is 5.89 Å². The third-order valence-corrected chi connectivity index (χ3v) is 2.25. The number of aromatic nitrogens is 4. The van der Waals surface area contributed by atoms with E-state index in [-0.39, 0.29) is 6.04 Å². The Kier molecular flexibility index (Phi) is 2.51. The van der Waals surface area contributed by atoms with Crippen LogP contribution in [0.4, 0.5) is 0 Å². The summed E-state index contributed by atoms with van der Waals surface area (Å²) >= 11 is 0. The van der Waals surface area contributed by atoms with Crippen molar-refractivity contribution >= 4 is 0 Å². The van der Waals surface area contributed by atoms with Gasteiger partial charge in [-0.15, -0.1) is 0 Å². The molecular weight excluding hydrogens is 194 g/mol. The average molecular weight is 207 g/mol. The largest absolute Gasteiger partial charge is 0.332 e.